The normalized spacial score (nSPS) is 19.5. The number of hydrogen-bond acceptors (Lipinski definition) is 1. The fourth-order valence-corrected chi connectivity index (χ4v) is 2.81. The first kappa shape index (κ1) is 12.6. The third-order valence-corrected chi connectivity index (χ3v) is 4.12. The second-order valence-electron chi connectivity index (χ2n) is 5.77. The Labute approximate surface area is 105 Å². The monoisotopic (exact) mass is 231 g/mol. The van der Waals surface area contributed by atoms with Gasteiger partial charge in [-0.1, -0.05) is 57.4 Å². The van der Waals surface area contributed by atoms with Crippen LogP contribution in [0.25, 0.3) is 0 Å². The summed E-state index contributed by atoms with van der Waals surface area (Å²) in [4.78, 5) is 0. The zero-order valence-electron chi connectivity index (χ0n) is 11.2. The predicted molar refractivity (Wildman–Crippen MR) is 74.0 cm³/mol. The first-order chi connectivity index (χ1) is 8.18. The summed E-state index contributed by atoms with van der Waals surface area (Å²) in [5.74, 6) is 1.31. The number of benzene rings is 1. The maximum absolute atomic E-state index is 6.17. The zero-order valence-corrected chi connectivity index (χ0v) is 11.2. The first-order valence-corrected chi connectivity index (χ1v) is 7.04. The second-order valence-corrected chi connectivity index (χ2v) is 5.77. The number of rotatable bonds is 3. The van der Waals surface area contributed by atoms with Gasteiger partial charge < -0.3 is 5.73 Å². The lowest BCUT2D eigenvalue weighted by Crippen LogP contribution is -2.16. The van der Waals surface area contributed by atoms with Gasteiger partial charge in [0.1, 0.15) is 0 Å². The van der Waals surface area contributed by atoms with Gasteiger partial charge in [0.25, 0.3) is 0 Å². The van der Waals surface area contributed by atoms with Crippen molar-refractivity contribution in [3.8, 4) is 0 Å². The average molecular weight is 231 g/mol. The van der Waals surface area contributed by atoms with Crippen molar-refractivity contribution < 1.29 is 0 Å². The molecule has 1 fully saturated rings. The highest BCUT2D eigenvalue weighted by atomic mass is 14.6. The van der Waals surface area contributed by atoms with Gasteiger partial charge in [0.15, 0.2) is 0 Å². The van der Waals surface area contributed by atoms with Crippen molar-refractivity contribution in [2.45, 2.75) is 57.9 Å². The standard InChI is InChI=1S/C16H25N/c1-12(2)16(17)15-10-8-14(9-11-15)13-6-4-3-5-7-13/h8-13,16H,3-7,17H2,1-2H3/t16-/m1/s1. The summed E-state index contributed by atoms with van der Waals surface area (Å²) in [5, 5.41) is 0. The smallest absolute Gasteiger partial charge is 0.0318 e. The molecule has 94 valence electrons. The Morgan fingerprint density at radius 3 is 2.12 bits per heavy atom. The fraction of sp³-hybridized carbons (Fsp3) is 0.625. The molecule has 0 aromatic heterocycles. The molecular weight excluding hydrogens is 206 g/mol. The van der Waals surface area contributed by atoms with E-state index in [9.17, 15) is 0 Å². The lowest BCUT2D eigenvalue weighted by molar-refractivity contribution is 0.443. The lowest BCUT2D eigenvalue weighted by Gasteiger charge is -2.23. The van der Waals surface area contributed by atoms with Crippen molar-refractivity contribution in [2.24, 2.45) is 11.7 Å². The molecule has 1 atom stereocenters. The van der Waals surface area contributed by atoms with Crippen LogP contribution >= 0.6 is 0 Å². The van der Waals surface area contributed by atoms with E-state index in [1.54, 1.807) is 0 Å². The molecule has 0 heterocycles. The molecule has 2 N–H and O–H groups in total. The Kier molecular flexibility index (Phi) is 4.22. The van der Waals surface area contributed by atoms with Gasteiger partial charge >= 0.3 is 0 Å². The molecule has 0 saturated heterocycles. The minimum atomic E-state index is 0.176. The van der Waals surface area contributed by atoms with Crippen LogP contribution in [0.2, 0.25) is 0 Å². The Hall–Kier alpha value is -0.820. The van der Waals surface area contributed by atoms with Gasteiger partial charge in [0.2, 0.25) is 0 Å². The van der Waals surface area contributed by atoms with Crippen LogP contribution in [0.4, 0.5) is 0 Å². The molecular formula is C16H25N. The molecule has 2 rings (SSSR count). The quantitative estimate of drug-likeness (QED) is 0.820. The Balaban J connectivity index is 2.06. The molecule has 1 nitrogen and oxygen atoms in total. The summed E-state index contributed by atoms with van der Waals surface area (Å²) in [7, 11) is 0. The fourth-order valence-electron chi connectivity index (χ4n) is 2.81. The molecule has 1 saturated carbocycles. The predicted octanol–water partition coefficient (Wildman–Crippen LogP) is 4.39. The molecule has 17 heavy (non-hydrogen) atoms. The minimum Gasteiger partial charge on any atom is -0.324 e. The van der Waals surface area contributed by atoms with Crippen molar-refractivity contribution in [1.29, 1.82) is 0 Å². The molecule has 1 aromatic rings. The SMILES string of the molecule is CC(C)[C@@H](N)c1ccc(C2CCCCC2)cc1. The highest BCUT2D eigenvalue weighted by Crippen LogP contribution is 2.33. The van der Waals surface area contributed by atoms with Crippen molar-refractivity contribution in [1.82, 2.24) is 0 Å². The van der Waals surface area contributed by atoms with Crippen LogP contribution < -0.4 is 5.73 Å². The highest BCUT2D eigenvalue weighted by molar-refractivity contribution is 5.27. The summed E-state index contributed by atoms with van der Waals surface area (Å²) < 4.78 is 0. The molecule has 0 spiro atoms. The summed E-state index contributed by atoms with van der Waals surface area (Å²) in [6.45, 7) is 4.36. The molecule has 0 unspecified atom stereocenters. The lowest BCUT2D eigenvalue weighted by atomic mass is 9.83. The van der Waals surface area contributed by atoms with E-state index in [4.69, 9.17) is 5.73 Å². The molecule has 1 aliphatic rings. The van der Waals surface area contributed by atoms with Gasteiger partial charge in [-0.2, -0.15) is 0 Å². The van der Waals surface area contributed by atoms with Gasteiger partial charge in [0.05, 0.1) is 0 Å². The van der Waals surface area contributed by atoms with Gasteiger partial charge in [-0.25, -0.2) is 0 Å². The summed E-state index contributed by atoms with van der Waals surface area (Å²) in [6, 6.07) is 9.24. The van der Waals surface area contributed by atoms with Gasteiger partial charge in [0, 0.05) is 6.04 Å². The zero-order chi connectivity index (χ0) is 12.3. The topological polar surface area (TPSA) is 26.0 Å². The molecule has 0 amide bonds. The van der Waals surface area contributed by atoms with Crippen LogP contribution in [-0.4, -0.2) is 0 Å². The van der Waals surface area contributed by atoms with E-state index in [2.05, 4.69) is 38.1 Å². The summed E-state index contributed by atoms with van der Waals surface area (Å²) in [6.07, 6.45) is 6.97. The van der Waals surface area contributed by atoms with E-state index in [1.165, 1.54) is 43.2 Å². The molecule has 0 aliphatic heterocycles. The van der Waals surface area contributed by atoms with Crippen LogP contribution in [-0.2, 0) is 0 Å². The minimum absolute atomic E-state index is 0.176. The third kappa shape index (κ3) is 3.10. The van der Waals surface area contributed by atoms with Gasteiger partial charge in [-0.05, 0) is 35.8 Å². The van der Waals surface area contributed by atoms with E-state index < -0.39 is 0 Å². The van der Waals surface area contributed by atoms with E-state index in [-0.39, 0.29) is 6.04 Å². The molecule has 0 radical (unpaired) electrons. The maximum atomic E-state index is 6.17. The Bertz CT molecular complexity index is 333. The summed E-state index contributed by atoms with van der Waals surface area (Å²) in [5.41, 5.74) is 8.96. The molecule has 1 aliphatic carbocycles. The van der Waals surface area contributed by atoms with Crippen molar-refractivity contribution in [3.63, 3.8) is 0 Å². The van der Waals surface area contributed by atoms with Crippen LogP contribution in [0.1, 0.15) is 69.0 Å². The van der Waals surface area contributed by atoms with Crippen molar-refractivity contribution in [2.75, 3.05) is 0 Å². The second kappa shape index (κ2) is 5.68. The largest absolute Gasteiger partial charge is 0.324 e. The summed E-state index contributed by atoms with van der Waals surface area (Å²) >= 11 is 0. The Morgan fingerprint density at radius 1 is 1.00 bits per heavy atom. The maximum Gasteiger partial charge on any atom is 0.0318 e. The first-order valence-electron chi connectivity index (χ1n) is 7.04. The van der Waals surface area contributed by atoms with E-state index >= 15 is 0 Å². The molecule has 1 aromatic carbocycles. The van der Waals surface area contributed by atoms with E-state index in [1.807, 2.05) is 0 Å². The van der Waals surface area contributed by atoms with Gasteiger partial charge in [-0.3, -0.25) is 0 Å². The molecule has 0 bridgehead atoms. The average Bonchev–Trinajstić information content (AvgIpc) is 2.39. The van der Waals surface area contributed by atoms with Gasteiger partial charge in [-0.15, -0.1) is 0 Å². The van der Waals surface area contributed by atoms with E-state index in [0.29, 0.717) is 5.92 Å². The van der Waals surface area contributed by atoms with Crippen LogP contribution in [0.5, 0.6) is 0 Å². The number of hydrogen-bond donors (Lipinski definition) is 1. The highest BCUT2D eigenvalue weighted by Gasteiger charge is 2.16. The molecule has 1 heteroatoms. The van der Waals surface area contributed by atoms with E-state index in [0.717, 1.165) is 5.92 Å². The van der Waals surface area contributed by atoms with Crippen molar-refractivity contribution in [3.05, 3.63) is 35.4 Å². The Morgan fingerprint density at radius 2 is 1.59 bits per heavy atom. The van der Waals surface area contributed by atoms with Crippen molar-refractivity contribution >= 4 is 0 Å². The third-order valence-electron chi connectivity index (χ3n) is 4.12. The van der Waals surface area contributed by atoms with Crippen LogP contribution in [0.3, 0.4) is 0 Å². The number of nitrogens with two attached hydrogens (primary N) is 1. The van der Waals surface area contributed by atoms with Crippen LogP contribution in [0, 0.1) is 5.92 Å². The van der Waals surface area contributed by atoms with Crippen LogP contribution in [0.15, 0.2) is 24.3 Å².